The lowest BCUT2D eigenvalue weighted by Crippen LogP contribution is -2.45. The van der Waals surface area contributed by atoms with E-state index in [0.717, 1.165) is 35.7 Å². The van der Waals surface area contributed by atoms with Gasteiger partial charge >= 0.3 is 0 Å². The molecular formula is C11H16N2O2S2. The van der Waals surface area contributed by atoms with Crippen molar-refractivity contribution in [2.75, 3.05) is 32.8 Å². The van der Waals surface area contributed by atoms with Crippen molar-refractivity contribution in [2.24, 2.45) is 0 Å². The Morgan fingerprint density at radius 1 is 1.59 bits per heavy atom. The van der Waals surface area contributed by atoms with Gasteiger partial charge in [-0.2, -0.15) is 0 Å². The molecule has 1 aromatic heterocycles. The van der Waals surface area contributed by atoms with E-state index in [1.165, 1.54) is 0 Å². The smallest absolute Gasteiger partial charge is 0.138 e. The summed E-state index contributed by atoms with van der Waals surface area (Å²) in [5.41, 5.74) is 0. The number of ether oxygens (including phenoxy) is 1. The summed E-state index contributed by atoms with van der Waals surface area (Å²) in [6.07, 6.45) is 1.71. The van der Waals surface area contributed by atoms with Crippen molar-refractivity contribution in [2.45, 2.75) is 6.54 Å². The third-order valence-corrected chi connectivity index (χ3v) is 4.14. The van der Waals surface area contributed by atoms with Crippen LogP contribution in [0.3, 0.4) is 0 Å². The van der Waals surface area contributed by atoms with E-state index >= 15 is 0 Å². The number of rotatable bonds is 5. The van der Waals surface area contributed by atoms with E-state index in [1.807, 2.05) is 12.1 Å². The summed E-state index contributed by atoms with van der Waals surface area (Å²) < 4.78 is 11.4. The molecule has 0 aliphatic carbocycles. The standard InChI is InChI=1S/C11H16N2O2S2/c1-14-6-4-13-8-12(9-17-11(13)16)7-10-3-2-5-15-10/h2-3,5H,4,6-9H2,1H3. The SMILES string of the molecule is COCCN1CN(Cc2ccco2)CSC1=S. The van der Waals surface area contributed by atoms with Crippen molar-refractivity contribution < 1.29 is 9.15 Å². The molecule has 1 aliphatic rings. The van der Waals surface area contributed by atoms with E-state index in [0.29, 0.717) is 6.61 Å². The van der Waals surface area contributed by atoms with Gasteiger partial charge in [0, 0.05) is 13.7 Å². The second kappa shape index (κ2) is 6.39. The average molecular weight is 272 g/mol. The van der Waals surface area contributed by atoms with Gasteiger partial charge in [-0.25, -0.2) is 0 Å². The highest BCUT2D eigenvalue weighted by molar-refractivity contribution is 8.22. The van der Waals surface area contributed by atoms with Gasteiger partial charge < -0.3 is 14.1 Å². The number of hydrogen-bond donors (Lipinski definition) is 0. The van der Waals surface area contributed by atoms with E-state index < -0.39 is 0 Å². The monoisotopic (exact) mass is 272 g/mol. The summed E-state index contributed by atoms with van der Waals surface area (Å²) in [5, 5.41) is 0. The number of thiocarbonyl (C=S) groups is 1. The number of nitrogens with zero attached hydrogens (tertiary/aromatic N) is 2. The topological polar surface area (TPSA) is 28.9 Å². The number of thioether (sulfide) groups is 1. The van der Waals surface area contributed by atoms with Crippen molar-refractivity contribution in [1.82, 2.24) is 9.80 Å². The Bertz CT molecular complexity index is 356. The lowest BCUT2D eigenvalue weighted by atomic mass is 10.4. The molecule has 0 aromatic carbocycles. The first-order valence-electron chi connectivity index (χ1n) is 5.45. The maximum Gasteiger partial charge on any atom is 0.138 e. The van der Waals surface area contributed by atoms with Gasteiger partial charge in [0.05, 0.1) is 32.0 Å². The zero-order chi connectivity index (χ0) is 12.1. The van der Waals surface area contributed by atoms with Gasteiger partial charge in [0.15, 0.2) is 0 Å². The Morgan fingerprint density at radius 3 is 3.18 bits per heavy atom. The van der Waals surface area contributed by atoms with Crippen LogP contribution in [0, 0.1) is 0 Å². The minimum absolute atomic E-state index is 0.704. The fraction of sp³-hybridized carbons (Fsp3) is 0.545. The Morgan fingerprint density at radius 2 is 2.47 bits per heavy atom. The van der Waals surface area contributed by atoms with Crippen LogP contribution < -0.4 is 0 Å². The Hall–Kier alpha value is -0.560. The van der Waals surface area contributed by atoms with Crippen molar-refractivity contribution >= 4 is 28.3 Å². The minimum Gasteiger partial charge on any atom is -0.468 e. The predicted molar refractivity (Wildman–Crippen MR) is 72.8 cm³/mol. The molecule has 94 valence electrons. The molecular weight excluding hydrogens is 256 g/mol. The molecule has 0 amide bonds. The molecule has 2 heterocycles. The normalized spacial score (nSPS) is 17.7. The highest BCUT2D eigenvalue weighted by Crippen LogP contribution is 2.20. The molecule has 0 bridgehead atoms. The van der Waals surface area contributed by atoms with Crippen LogP contribution in [-0.4, -0.2) is 46.9 Å². The number of methoxy groups -OCH3 is 1. The van der Waals surface area contributed by atoms with Crippen molar-refractivity contribution in [3.05, 3.63) is 24.2 Å². The van der Waals surface area contributed by atoms with Crippen molar-refractivity contribution in [3.63, 3.8) is 0 Å². The number of furan rings is 1. The molecule has 1 aliphatic heterocycles. The van der Waals surface area contributed by atoms with E-state index in [-0.39, 0.29) is 0 Å². The first kappa shape index (κ1) is 12.9. The van der Waals surface area contributed by atoms with Crippen LogP contribution >= 0.6 is 24.0 Å². The Labute approximate surface area is 111 Å². The lowest BCUT2D eigenvalue weighted by molar-refractivity contribution is 0.140. The highest BCUT2D eigenvalue weighted by atomic mass is 32.2. The molecule has 0 atom stereocenters. The quantitative estimate of drug-likeness (QED) is 0.761. The summed E-state index contributed by atoms with van der Waals surface area (Å²) in [5.74, 6) is 1.91. The van der Waals surface area contributed by atoms with Crippen LogP contribution in [0.4, 0.5) is 0 Å². The maximum absolute atomic E-state index is 5.35. The second-order valence-electron chi connectivity index (χ2n) is 3.85. The largest absolute Gasteiger partial charge is 0.468 e. The molecule has 1 aromatic rings. The molecule has 2 rings (SSSR count). The molecule has 0 radical (unpaired) electrons. The molecule has 0 unspecified atom stereocenters. The summed E-state index contributed by atoms with van der Waals surface area (Å²) in [6, 6.07) is 3.91. The Balaban J connectivity index is 1.86. The van der Waals surface area contributed by atoms with Crippen LogP contribution in [0.2, 0.25) is 0 Å². The van der Waals surface area contributed by atoms with Crippen molar-refractivity contribution in [1.29, 1.82) is 0 Å². The summed E-state index contributed by atoms with van der Waals surface area (Å²) in [6.45, 7) is 3.22. The molecule has 4 nitrogen and oxygen atoms in total. The molecule has 1 saturated heterocycles. The molecule has 0 N–H and O–H groups in total. The Kier molecular flexibility index (Phi) is 4.85. The van der Waals surface area contributed by atoms with Crippen LogP contribution in [0.5, 0.6) is 0 Å². The van der Waals surface area contributed by atoms with E-state index in [4.69, 9.17) is 21.4 Å². The third-order valence-electron chi connectivity index (χ3n) is 2.52. The van der Waals surface area contributed by atoms with Crippen LogP contribution in [-0.2, 0) is 11.3 Å². The zero-order valence-electron chi connectivity index (χ0n) is 9.80. The molecule has 6 heteroatoms. The highest BCUT2D eigenvalue weighted by Gasteiger charge is 2.21. The van der Waals surface area contributed by atoms with Gasteiger partial charge in [0.2, 0.25) is 0 Å². The average Bonchev–Trinajstić information content (AvgIpc) is 2.82. The van der Waals surface area contributed by atoms with E-state index in [9.17, 15) is 0 Å². The maximum atomic E-state index is 5.35. The van der Waals surface area contributed by atoms with Gasteiger partial charge in [-0.05, 0) is 12.1 Å². The van der Waals surface area contributed by atoms with Gasteiger partial charge in [-0.15, -0.1) is 0 Å². The molecule has 1 fully saturated rings. The van der Waals surface area contributed by atoms with Gasteiger partial charge in [-0.1, -0.05) is 24.0 Å². The van der Waals surface area contributed by atoms with Crippen LogP contribution in [0.25, 0.3) is 0 Å². The van der Waals surface area contributed by atoms with Crippen molar-refractivity contribution in [3.8, 4) is 0 Å². The second-order valence-corrected chi connectivity index (χ2v) is 5.42. The zero-order valence-corrected chi connectivity index (χ0v) is 11.4. The van der Waals surface area contributed by atoms with Crippen LogP contribution in [0.1, 0.15) is 5.76 Å². The summed E-state index contributed by atoms with van der Waals surface area (Å²) in [4.78, 5) is 4.46. The summed E-state index contributed by atoms with van der Waals surface area (Å²) in [7, 11) is 1.71. The van der Waals surface area contributed by atoms with E-state index in [2.05, 4.69) is 9.80 Å². The molecule has 17 heavy (non-hydrogen) atoms. The fourth-order valence-electron chi connectivity index (χ4n) is 1.66. The summed E-state index contributed by atoms with van der Waals surface area (Å²) >= 11 is 7.02. The van der Waals surface area contributed by atoms with Crippen LogP contribution in [0.15, 0.2) is 22.8 Å². The van der Waals surface area contributed by atoms with E-state index in [1.54, 1.807) is 25.1 Å². The first-order chi connectivity index (χ1) is 8.29. The van der Waals surface area contributed by atoms with Gasteiger partial charge in [-0.3, -0.25) is 4.90 Å². The first-order valence-corrected chi connectivity index (χ1v) is 6.84. The molecule has 0 spiro atoms. The predicted octanol–water partition coefficient (Wildman–Crippen LogP) is 1.98. The fourth-order valence-corrected chi connectivity index (χ4v) is 2.76. The number of hydrogen-bond acceptors (Lipinski definition) is 5. The lowest BCUT2D eigenvalue weighted by Gasteiger charge is -2.36. The van der Waals surface area contributed by atoms with Gasteiger partial charge in [0.25, 0.3) is 0 Å². The molecule has 0 saturated carbocycles. The third kappa shape index (κ3) is 3.70. The van der Waals surface area contributed by atoms with Gasteiger partial charge in [0.1, 0.15) is 10.1 Å². The minimum atomic E-state index is 0.704.